The zero-order valence-electron chi connectivity index (χ0n) is 9.07. The third kappa shape index (κ3) is 3.12. The van der Waals surface area contributed by atoms with Crippen LogP contribution in [0.25, 0.3) is 0 Å². The lowest BCUT2D eigenvalue weighted by atomic mass is 10.1. The highest BCUT2D eigenvalue weighted by Gasteiger charge is 2.30. The predicted molar refractivity (Wildman–Crippen MR) is 52.7 cm³/mol. The van der Waals surface area contributed by atoms with Gasteiger partial charge in [-0.3, -0.25) is 0 Å². The first-order valence-electron chi connectivity index (χ1n) is 5.37. The van der Waals surface area contributed by atoms with Crippen molar-refractivity contribution in [3.63, 3.8) is 0 Å². The first-order chi connectivity index (χ1) is 7.96. The van der Waals surface area contributed by atoms with Crippen molar-refractivity contribution in [2.75, 3.05) is 13.2 Å². The molecule has 0 radical (unpaired) electrons. The van der Waals surface area contributed by atoms with E-state index in [0.29, 0.717) is 26.1 Å². The van der Waals surface area contributed by atoms with E-state index in [9.17, 15) is 18.3 Å². The quantitative estimate of drug-likeness (QED) is 0.873. The third-order valence-corrected chi connectivity index (χ3v) is 2.68. The van der Waals surface area contributed by atoms with Crippen LogP contribution in [0, 0.1) is 0 Å². The molecule has 96 valence electrons. The number of aromatic nitrogens is 2. The number of hydrogen-bond acceptors (Lipinski definition) is 3. The molecule has 0 atom stereocenters. The van der Waals surface area contributed by atoms with Gasteiger partial charge in [-0.05, 0) is 12.8 Å². The lowest BCUT2D eigenvalue weighted by molar-refractivity contribution is -0.127. The first kappa shape index (κ1) is 12.2. The minimum absolute atomic E-state index is 0.0780. The largest absolute Gasteiger partial charge is 0.493 e. The summed E-state index contributed by atoms with van der Waals surface area (Å²) in [6.45, 7) is 1.08. The molecule has 1 aliphatic rings. The average molecular weight is 250 g/mol. The molecule has 1 aromatic heterocycles. The first-order valence-corrected chi connectivity index (χ1v) is 5.37. The zero-order chi connectivity index (χ0) is 12.5. The predicted octanol–water partition coefficient (Wildman–Crippen LogP) is 2.04. The van der Waals surface area contributed by atoms with Gasteiger partial charge in [0, 0.05) is 19.3 Å². The summed E-state index contributed by atoms with van der Waals surface area (Å²) in [5, 5.41) is 13.4. The molecular formula is C10H13F3N2O2. The maximum Gasteiger partial charge on any atom is 0.394 e. The maximum atomic E-state index is 12.2. The Morgan fingerprint density at radius 3 is 2.65 bits per heavy atom. The highest BCUT2D eigenvalue weighted by atomic mass is 19.4. The van der Waals surface area contributed by atoms with E-state index in [2.05, 4.69) is 5.10 Å². The monoisotopic (exact) mass is 250 g/mol. The molecule has 7 heteroatoms. The van der Waals surface area contributed by atoms with E-state index in [-0.39, 0.29) is 17.6 Å². The highest BCUT2D eigenvalue weighted by Crippen LogP contribution is 2.28. The molecule has 4 nitrogen and oxygen atoms in total. The molecule has 1 aromatic rings. The van der Waals surface area contributed by atoms with Crippen LogP contribution in [0.4, 0.5) is 13.2 Å². The Morgan fingerprint density at radius 1 is 1.41 bits per heavy atom. The molecular weight excluding hydrogens is 237 g/mol. The molecule has 0 bridgehead atoms. The van der Waals surface area contributed by atoms with Gasteiger partial charge in [-0.15, -0.1) is 0 Å². The molecule has 2 heterocycles. The molecule has 1 N–H and O–H groups in total. The number of rotatable bonds is 2. The Morgan fingerprint density at radius 2 is 2.06 bits per heavy atom. The summed E-state index contributed by atoms with van der Waals surface area (Å²) in [7, 11) is 0. The molecule has 0 saturated carbocycles. The summed E-state index contributed by atoms with van der Waals surface area (Å²) < 4.78 is 42.9. The average Bonchev–Trinajstić information content (AvgIpc) is 2.58. The van der Waals surface area contributed by atoms with Gasteiger partial charge in [0.2, 0.25) is 5.88 Å². The second kappa shape index (κ2) is 4.56. The Labute approximate surface area is 96.0 Å². The lowest BCUT2D eigenvalue weighted by Crippen LogP contribution is -2.20. The Kier molecular flexibility index (Phi) is 3.28. The van der Waals surface area contributed by atoms with Gasteiger partial charge in [-0.2, -0.15) is 18.3 Å². The van der Waals surface area contributed by atoms with Crippen molar-refractivity contribution in [1.82, 2.24) is 9.78 Å². The molecule has 0 spiro atoms. The summed E-state index contributed by atoms with van der Waals surface area (Å²) >= 11 is 0. The van der Waals surface area contributed by atoms with Crippen LogP contribution >= 0.6 is 0 Å². The van der Waals surface area contributed by atoms with E-state index in [0.717, 1.165) is 6.07 Å². The summed E-state index contributed by atoms with van der Waals surface area (Å²) in [6, 6.07) is 0.994. The maximum absolute atomic E-state index is 12.2. The lowest BCUT2D eigenvalue weighted by Gasteiger charge is -2.22. The summed E-state index contributed by atoms with van der Waals surface area (Å²) in [5.41, 5.74) is -0.151. The van der Waals surface area contributed by atoms with E-state index in [1.807, 2.05) is 0 Å². The van der Waals surface area contributed by atoms with Gasteiger partial charge in [-0.25, -0.2) is 4.68 Å². The fourth-order valence-corrected chi connectivity index (χ4v) is 1.92. The molecule has 2 rings (SSSR count). The molecule has 17 heavy (non-hydrogen) atoms. The van der Waals surface area contributed by atoms with Gasteiger partial charge in [0.1, 0.15) is 0 Å². The van der Waals surface area contributed by atoms with Crippen LogP contribution in [0.15, 0.2) is 6.07 Å². The second-order valence-corrected chi connectivity index (χ2v) is 4.07. The summed E-state index contributed by atoms with van der Waals surface area (Å²) in [6.07, 6.45) is -4.11. The normalized spacial score (nSPS) is 18.5. The SMILES string of the molecule is Oc1cc(CC(F)(F)F)nn1C1CCOCC1. The number of alkyl halides is 3. The van der Waals surface area contributed by atoms with E-state index >= 15 is 0 Å². The van der Waals surface area contributed by atoms with Crippen LogP contribution in [0.1, 0.15) is 24.6 Å². The molecule has 0 unspecified atom stereocenters. The zero-order valence-corrected chi connectivity index (χ0v) is 9.07. The number of hydrogen-bond donors (Lipinski definition) is 1. The van der Waals surface area contributed by atoms with Gasteiger partial charge in [-0.1, -0.05) is 0 Å². The van der Waals surface area contributed by atoms with Crippen molar-refractivity contribution in [2.45, 2.75) is 31.5 Å². The van der Waals surface area contributed by atoms with Crippen molar-refractivity contribution in [2.24, 2.45) is 0 Å². The van der Waals surface area contributed by atoms with Crippen molar-refractivity contribution >= 4 is 0 Å². The number of aromatic hydroxyl groups is 1. The Balaban J connectivity index is 2.12. The number of nitrogens with zero attached hydrogens (tertiary/aromatic N) is 2. The summed E-state index contributed by atoms with van der Waals surface area (Å²) in [5.74, 6) is -0.212. The highest BCUT2D eigenvalue weighted by molar-refractivity contribution is 5.16. The number of ether oxygens (including phenoxy) is 1. The fraction of sp³-hybridized carbons (Fsp3) is 0.700. The van der Waals surface area contributed by atoms with Gasteiger partial charge in [0.05, 0.1) is 18.2 Å². The van der Waals surface area contributed by atoms with Gasteiger partial charge >= 0.3 is 6.18 Å². The van der Waals surface area contributed by atoms with Crippen LogP contribution in [0.3, 0.4) is 0 Å². The van der Waals surface area contributed by atoms with Crippen molar-refractivity contribution in [3.8, 4) is 5.88 Å². The topological polar surface area (TPSA) is 47.3 Å². The minimum atomic E-state index is -4.30. The van der Waals surface area contributed by atoms with Gasteiger partial charge in [0.25, 0.3) is 0 Å². The van der Waals surface area contributed by atoms with Crippen LogP contribution in [0.5, 0.6) is 5.88 Å². The van der Waals surface area contributed by atoms with Gasteiger partial charge in [0.15, 0.2) is 0 Å². The van der Waals surface area contributed by atoms with Crippen LogP contribution in [-0.4, -0.2) is 34.3 Å². The molecule has 0 amide bonds. The van der Waals surface area contributed by atoms with E-state index in [1.54, 1.807) is 0 Å². The van der Waals surface area contributed by atoms with E-state index < -0.39 is 12.6 Å². The van der Waals surface area contributed by atoms with Crippen LogP contribution in [0.2, 0.25) is 0 Å². The minimum Gasteiger partial charge on any atom is -0.493 e. The van der Waals surface area contributed by atoms with Crippen LogP contribution < -0.4 is 0 Å². The van der Waals surface area contributed by atoms with Crippen molar-refractivity contribution < 1.29 is 23.0 Å². The molecule has 1 aliphatic heterocycles. The smallest absolute Gasteiger partial charge is 0.394 e. The van der Waals surface area contributed by atoms with E-state index in [1.165, 1.54) is 4.68 Å². The van der Waals surface area contributed by atoms with Crippen molar-refractivity contribution in [1.29, 1.82) is 0 Å². The van der Waals surface area contributed by atoms with Gasteiger partial charge < -0.3 is 9.84 Å². The number of halogens is 3. The van der Waals surface area contributed by atoms with Crippen LogP contribution in [-0.2, 0) is 11.2 Å². The standard InChI is InChI=1S/C10H13F3N2O2/c11-10(12,13)6-7-5-9(16)15(14-7)8-1-3-17-4-2-8/h5,8,16H,1-4,6H2. The third-order valence-electron chi connectivity index (χ3n) is 2.68. The second-order valence-electron chi connectivity index (χ2n) is 4.07. The molecule has 1 fully saturated rings. The summed E-state index contributed by atoms with van der Waals surface area (Å²) in [4.78, 5) is 0. The Hall–Kier alpha value is -1.24. The fourth-order valence-electron chi connectivity index (χ4n) is 1.92. The van der Waals surface area contributed by atoms with E-state index in [4.69, 9.17) is 4.74 Å². The molecule has 0 aliphatic carbocycles. The Bertz CT molecular complexity index is 383. The van der Waals surface area contributed by atoms with Crippen molar-refractivity contribution in [3.05, 3.63) is 11.8 Å². The molecule has 1 saturated heterocycles. The molecule has 0 aromatic carbocycles.